The van der Waals surface area contributed by atoms with Crippen molar-refractivity contribution >= 4 is 17.4 Å². The summed E-state index contributed by atoms with van der Waals surface area (Å²) in [7, 11) is 0. The molecule has 152 valence electrons. The van der Waals surface area contributed by atoms with Crippen molar-refractivity contribution < 1.29 is 9.53 Å². The molecule has 1 spiro atoms. The molecule has 1 N–H and O–H groups in total. The summed E-state index contributed by atoms with van der Waals surface area (Å²) in [5.74, 6) is 0.877. The zero-order chi connectivity index (χ0) is 19.7. The Labute approximate surface area is 172 Å². The Morgan fingerprint density at radius 2 is 2.00 bits per heavy atom. The Balaban J connectivity index is 1.24. The molecule has 1 saturated heterocycles. The summed E-state index contributed by atoms with van der Waals surface area (Å²) in [4.78, 5) is 19.4. The van der Waals surface area contributed by atoms with Crippen LogP contribution < -0.4 is 10.2 Å². The molecule has 1 aromatic heterocycles. The predicted molar refractivity (Wildman–Crippen MR) is 114 cm³/mol. The van der Waals surface area contributed by atoms with Crippen LogP contribution in [0.5, 0.6) is 0 Å². The van der Waals surface area contributed by atoms with Crippen LogP contribution in [0.25, 0.3) is 0 Å². The van der Waals surface area contributed by atoms with Gasteiger partial charge < -0.3 is 15.0 Å². The molecular weight excluding hydrogens is 362 g/mol. The van der Waals surface area contributed by atoms with Crippen molar-refractivity contribution in [3.63, 3.8) is 0 Å². The molecule has 2 aromatic rings. The number of carbonyl (C=O) groups is 1. The standard InChI is InChI=1S/C24H29N3O2/c28-23(27-14-10-18-6-2-3-7-21(18)27)19-8-9-22(25-17-19)26-20-11-15-29-24(16-20)12-4-1-5-13-24/h2-3,6-9,17,20H,1,4-5,10-16H2,(H,25,26). The Kier molecular flexibility index (Phi) is 5.00. The van der Waals surface area contributed by atoms with E-state index in [9.17, 15) is 4.79 Å². The summed E-state index contributed by atoms with van der Waals surface area (Å²) in [6, 6.07) is 12.4. The van der Waals surface area contributed by atoms with Crippen molar-refractivity contribution in [1.82, 2.24) is 4.98 Å². The van der Waals surface area contributed by atoms with Crippen LogP contribution in [0, 0.1) is 0 Å². The van der Waals surface area contributed by atoms with Gasteiger partial charge in [-0.2, -0.15) is 0 Å². The third-order valence-corrected chi connectivity index (χ3v) is 6.75. The number of aromatic nitrogens is 1. The van der Waals surface area contributed by atoms with E-state index in [1.165, 1.54) is 37.7 Å². The van der Waals surface area contributed by atoms with Crippen molar-refractivity contribution in [1.29, 1.82) is 0 Å². The van der Waals surface area contributed by atoms with Crippen LogP contribution >= 0.6 is 0 Å². The minimum atomic E-state index is 0.0289. The maximum Gasteiger partial charge on any atom is 0.259 e. The normalized spacial score (nSPS) is 23.0. The third kappa shape index (κ3) is 3.76. The third-order valence-electron chi connectivity index (χ3n) is 6.75. The quantitative estimate of drug-likeness (QED) is 0.832. The number of ether oxygens (including phenoxy) is 1. The Bertz CT molecular complexity index is 868. The number of nitrogens with one attached hydrogen (secondary N) is 1. The van der Waals surface area contributed by atoms with E-state index < -0.39 is 0 Å². The van der Waals surface area contributed by atoms with Gasteiger partial charge in [-0.15, -0.1) is 0 Å². The molecule has 29 heavy (non-hydrogen) atoms. The molecule has 1 amide bonds. The average Bonchev–Trinajstić information content (AvgIpc) is 3.19. The molecule has 1 aliphatic carbocycles. The molecule has 3 heterocycles. The summed E-state index contributed by atoms with van der Waals surface area (Å²) < 4.78 is 6.20. The van der Waals surface area contributed by atoms with Crippen molar-refractivity contribution in [2.45, 2.75) is 63.0 Å². The number of para-hydroxylation sites is 1. The van der Waals surface area contributed by atoms with Crippen LogP contribution in [0.4, 0.5) is 11.5 Å². The molecule has 1 atom stereocenters. The number of hydrogen-bond donors (Lipinski definition) is 1. The first-order valence-corrected chi connectivity index (χ1v) is 11.0. The van der Waals surface area contributed by atoms with Gasteiger partial charge >= 0.3 is 0 Å². The first-order valence-electron chi connectivity index (χ1n) is 11.0. The Morgan fingerprint density at radius 3 is 2.83 bits per heavy atom. The van der Waals surface area contributed by atoms with E-state index in [2.05, 4.69) is 16.4 Å². The number of benzene rings is 1. The zero-order valence-corrected chi connectivity index (χ0v) is 16.9. The first-order chi connectivity index (χ1) is 14.2. The van der Waals surface area contributed by atoms with Crippen molar-refractivity contribution in [3.05, 3.63) is 53.7 Å². The van der Waals surface area contributed by atoms with Crippen LogP contribution in [0.15, 0.2) is 42.6 Å². The monoisotopic (exact) mass is 391 g/mol. The fourth-order valence-electron chi connectivity index (χ4n) is 5.22. The highest BCUT2D eigenvalue weighted by atomic mass is 16.5. The van der Waals surface area contributed by atoms with Gasteiger partial charge in [-0.25, -0.2) is 4.98 Å². The molecule has 0 bridgehead atoms. The van der Waals surface area contributed by atoms with Crippen LogP contribution in [-0.2, 0) is 11.2 Å². The second-order valence-corrected chi connectivity index (χ2v) is 8.69. The highest BCUT2D eigenvalue weighted by Crippen LogP contribution is 2.39. The molecular formula is C24H29N3O2. The van der Waals surface area contributed by atoms with Gasteiger partial charge in [0.2, 0.25) is 0 Å². The van der Waals surface area contributed by atoms with E-state index in [1.54, 1.807) is 6.20 Å². The Hall–Kier alpha value is -2.40. The number of hydrogen-bond acceptors (Lipinski definition) is 4. The SMILES string of the molecule is O=C(c1ccc(NC2CCOC3(CCCCC3)C2)nc1)N1CCc2ccccc21. The summed E-state index contributed by atoms with van der Waals surface area (Å²) in [5, 5.41) is 3.59. The highest BCUT2D eigenvalue weighted by molar-refractivity contribution is 6.07. The van der Waals surface area contributed by atoms with Crippen LogP contribution in [0.1, 0.15) is 60.9 Å². The lowest BCUT2D eigenvalue weighted by Crippen LogP contribution is -2.45. The number of amides is 1. The molecule has 5 nitrogen and oxygen atoms in total. The summed E-state index contributed by atoms with van der Waals surface area (Å²) >= 11 is 0. The molecule has 1 saturated carbocycles. The van der Waals surface area contributed by atoms with E-state index in [-0.39, 0.29) is 11.5 Å². The average molecular weight is 392 g/mol. The largest absolute Gasteiger partial charge is 0.375 e. The first kappa shape index (κ1) is 18.6. The lowest BCUT2D eigenvalue weighted by atomic mass is 9.78. The molecule has 2 fully saturated rings. The Morgan fingerprint density at radius 1 is 1.14 bits per heavy atom. The number of fused-ring (bicyclic) bond motifs is 1. The van der Waals surface area contributed by atoms with Gasteiger partial charge in [0.05, 0.1) is 11.2 Å². The maximum absolute atomic E-state index is 13.0. The van der Waals surface area contributed by atoms with Crippen molar-refractivity contribution in [2.75, 3.05) is 23.4 Å². The van der Waals surface area contributed by atoms with Gasteiger partial charge in [0.25, 0.3) is 5.91 Å². The van der Waals surface area contributed by atoms with Gasteiger partial charge in [0, 0.05) is 31.1 Å². The highest BCUT2D eigenvalue weighted by Gasteiger charge is 2.38. The maximum atomic E-state index is 13.0. The van der Waals surface area contributed by atoms with Crippen LogP contribution in [0.3, 0.4) is 0 Å². The molecule has 2 aliphatic heterocycles. The number of rotatable bonds is 3. The number of anilines is 2. The number of nitrogens with zero attached hydrogens (tertiary/aromatic N) is 2. The molecule has 1 aromatic carbocycles. The van der Waals surface area contributed by atoms with Gasteiger partial charge in [-0.05, 0) is 55.9 Å². The second-order valence-electron chi connectivity index (χ2n) is 8.69. The van der Waals surface area contributed by atoms with E-state index >= 15 is 0 Å². The minimum Gasteiger partial charge on any atom is -0.375 e. The van der Waals surface area contributed by atoms with Crippen LogP contribution in [-0.4, -0.2) is 35.7 Å². The zero-order valence-electron chi connectivity index (χ0n) is 16.9. The summed E-state index contributed by atoms with van der Waals surface area (Å²) in [6.07, 6.45) is 11.0. The van der Waals surface area contributed by atoms with Gasteiger partial charge in [0.1, 0.15) is 5.82 Å². The van der Waals surface area contributed by atoms with E-state index in [4.69, 9.17) is 4.74 Å². The lowest BCUT2D eigenvalue weighted by Gasteiger charge is -2.43. The topological polar surface area (TPSA) is 54.5 Å². The molecule has 5 heteroatoms. The molecule has 5 rings (SSSR count). The molecule has 0 radical (unpaired) electrons. The smallest absolute Gasteiger partial charge is 0.259 e. The second kappa shape index (κ2) is 7.79. The van der Waals surface area contributed by atoms with E-state index in [0.29, 0.717) is 11.6 Å². The minimum absolute atomic E-state index is 0.0289. The predicted octanol–water partition coefficient (Wildman–Crippen LogP) is 4.58. The number of carbonyl (C=O) groups excluding carboxylic acids is 1. The fourth-order valence-corrected chi connectivity index (χ4v) is 5.22. The van der Waals surface area contributed by atoms with Crippen LogP contribution in [0.2, 0.25) is 0 Å². The lowest BCUT2D eigenvalue weighted by molar-refractivity contribution is -0.103. The van der Waals surface area contributed by atoms with Crippen molar-refractivity contribution in [2.24, 2.45) is 0 Å². The molecule has 3 aliphatic rings. The van der Waals surface area contributed by atoms with Crippen molar-refractivity contribution in [3.8, 4) is 0 Å². The summed E-state index contributed by atoms with van der Waals surface area (Å²) in [6.45, 7) is 1.56. The van der Waals surface area contributed by atoms with E-state index in [0.717, 1.165) is 43.9 Å². The van der Waals surface area contributed by atoms with E-state index in [1.807, 2.05) is 35.2 Å². The number of pyridine rings is 1. The van der Waals surface area contributed by atoms with Gasteiger partial charge in [0.15, 0.2) is 0 Å². The summed E-state index contributed by atoms with van der Waals surface area (Å²) in [5.41, 5.74) is 2.98. The molecule has 1 unspecified atom stereocenters. The van der Waals surface area contributed by atoms with Gasteiger partial charge in [-0.1, -0.05) is 37.5 Å². The fraction of sp³-hybridized carbons (Fsp3) is 0.500. The van der Waals surface area contributed by atoms with Gasteiger partial charge in [-0.3, -0.25) is 4.79 Å².